The first-order valence-electron chi connectivity index (χ1n) is 8.42. The lowest BCUT2D eigenvalue weighted by Gasteiger charge is -2.06. The van der Waals surface area contributed by atoms with E-state index in [1.165, 1.54) is 0 Å². The molecule has 0 fully saturated rings. The van der Waals surface area contributed by atoms with Crippen molar-refractivity contribution in [1.29, 1.82) is 0 Å². The Morgan fingerprint density at radius 2 is 1.69 bits per heavy atom. The number of hydrogen-bond acceptors (Lipinski definition) is 5. The Labute approximate surface area is 153 Å². The molecule has 0 aliphatic rings. The number of aliphatic hydroxyl groups excluding tert-OH is 1. The Morgan fingerprint density at radius 1 is 1.04 bits per heavy atom. The largest absolute Gasteiger partial charge is 0.392 e. The molecule has 0 bridgehead atoms. The van der Waals surface area contributed by atoms with Crippen LogP contribution >= 0.6 is 0 Å². The fourth-order valence-corrected chi connectivity index (χ4v) is 1.71. The maximum Gasteiger partial charge on any atom is 0.312 e. The van der Waals surface area contributed by atoms with Crippen LogP contribution in [0.15, 0.2) is 24.3 Å². The summed E-state index contributed by atoms with van der Waals surface area (Å²) >= 11 is 0. The van der Waals surface area contributed by atoms with Gasteiger partial charge < -0.3 is 32.5 Å². The highest BCUT2D eigenvalue weighted by Crippen LogP contribution is 2.10. The molecule has 4 amide bonds. The van der Waals surface area contributed by atoms with Crippen LogP contribution in [0.1, 0.15) is 31.7 Å². The number of anilines is 1. The summed E-state index contributed by atoms with van der Waals surface area (Å²) in [4.78, 5) is 32.3. The van der Waals surface area contributed by atoms with Crippen LogP contribution in [-0.4, -0.2) is 42.6 Å². The molecule has 0 heterocycles. The molecule has 0 atom stereocenters. The summed E-state index contributed by atoms with van der Waals surface area (Å²) in [5.41, 5.74) is 11.3. The van der Waals surface area contributed by atoms with Crippen LogP contribution in [0.2, 0.25) is 0 Å². The first-order valence-corrected chi connectivity index (χ1v) is 8.42. The molecule has 0 aliphatic carbocycles. The van der Waals surface area contributed by atoms with Crippen molar-refractivity contribution >= 4 is 23.5 Å². The van der Waals surface area contributed by atoms with Crippen molar-refractivity contribution in [2.45, 2.75) is 32.8 Å². The minimum atomic E-state index is -0.443. The molecule has 0 radical (unpaired) electrons. The highest BCUT2D eigenvalue weighted by atomic mass is 16.3. The highest BCUT2D eigenvalue weighted by Gasteiger charge is 2.03. The van der Waals surface area contributed by atoms with Gasteiger partial charge in [-0.15, -0.1) is 0 Å². The number of aliphatic hydroxyl groups is 1. The van der Waals surface area contributed by atoms with Crippen LogP contribution in [0.4, 0.5) is 10.5 Å². The second kappa shape index (κ2) is 14.7. The van der Waals surface area contributed by atoms with Gasteiger partial charge in [0.2, 0.25) is 11.8 Å². The number of nitrogens with one attached hydrogen (secondary N) is 3. The summed E-state index contributed by atoms with van der Waals surface area (Å²) in [6.45, 7) is 3.02. The quantitative estimate of drug-likeness (QED) is 0.339. The van der Waals surface area contributed by atoms with E-state index >= 15 is 0 Å². The van der Waals surface area contributed by atoms with Crippen molar-refractivity contribution in [3.05, 3.63) is 29.8 Å². The second-order valence-corrected chi connectivity index (χ2v) is 5.35. The Balaban J connectivity index is 0.000000758. The van der Waals surface area contributed by atoms with Crippen LogP contribution in [0, 0.1) is 0 Å². The fourth-order valence-electron chi connectivity index (χ4n) is 1.71. The van der Waals surface area contributed by atoms with E-state index in [0.717, 1.165) is 12.0 Å². The van der Waals surface area contributed by atoms with E-state index in [1.807, 2.05) is 6.92 Å². The molecule has 0 spiro atoms. The average molecular weight is 367 g/mol. The molecular weight excluding hydrogens is 338 g/mol. The maximum absolute atomic E-state index is 11.6. The number of carbonyl (C=O) groups is 3. The standard InChI is InChI=1S/C13H19N3O3.C4H10N2O/c14-8-13(19)15-7-1-2-12(18)16-11-5-3-10(9-17)4-6-11;1-2-3-6-4(5)7/h3-6,17H,1-2,7-9,14H2,(H,15,19)(H,16,18);2-3H2,1H3,(H3,5,6,7). The number of amides is 4. The Kier molecular flexibility index (Phi) is 13.2. The Bertz CT molecular complexity index is 549. The minimum Gasteiger partial charge on any atom is -0.392 e. The molecule has 0 saturated carbocycles. The van der Waals surface area contributed by atoms with E-state index in [9.17, 15) is 14.4 Å². The first-order chi connectivity index (χ1) is 12.4. The lowest BCUT2D eigenvalue weighted by Crippen LogP contribution is -2.31. The molecule has 9 heteroatoms. The zero-order chi connectivity index (χ0) is 19.8. The summed E-state index contributed by atoms with van der Waals surface area (Å²) in [5, 5.41) is 16.7. The van der Waals surface area contributed by atoms with Crippen LogP contribution in [0.3, 0.4) is 0 Å². The van der Waals surface area contributed by atoms with Crippen LogP contribution in [0.25, 0.3) is 0 Å². The zero-order valence-corrected chi connectivity index (χ0v) is 15.1. The molecule has 0 saturated heterocycles. The number of carbonyl (C=O) groups excluding carboxylic acids is 3. The third-order valence-corrected chi connectivity index (χ3v) is 3.06. The van der Waals surface area contributed by atoms with Crippen molar-refractivity contribution in [1.82, 2.24) is 10.6 Å². The molecule has 1 rings (SSSR count). The van der Waals surface area contributed by atoms with Gasteiger partial charge in [-0.25, -0.2) is 4.79 Å². The monoisotopic (exact) mass is 367 g/mol. The number of rotatable bonds is 9. The van der Waals surface area contributed by atoms with E-state index in [0.29, 0.717) is 31.6 Å². The summed E-state index contributed by atoms with van der Waals surface area (Å²) in [7, 11) is 0. The molecule has 0 aliphatic heterocycles. The second-order valence-electron chi connectivity index (χ2n) is 5.35. The van der Waals surface area contributed by atoms with Gasteiger partial charge in [0.15, 0.2) is 0 Å². The fraction of sp³-hybridized carbons (Fsp3) is 0.471. The third kappa shape index (κ3) is 12.7. The predicted molar refractivity (Wildman–Crippen MR) is 100 cm³/mol. The van der Waals surface area contributed by atoms with Gasteiger partial charge in [-0.2, -0.15) is 0 Å². The van der Waals surface area contributed by atoms with Gasteiger partial charge in [-0.3, -0.25) is 9.59 Å². The lowest BCUT2D eigenvalue weighted by atomic mass is 10.2. The first kappa shape index (κ1) is 23.4. The highest BCUT2D eigenvalue weighted by molar-refractivity contribution is 5.90. The van der Waals surface area contributed by atoms with Gasteiger partial charge in [0.1, 0.15) is 0 Å². The summed E-state index contributed by atoms with van der Waals surface area (Å²) < 4.78 is 0. The van der Waals surface area contributed by atoms with Gasteiger partial charge in [0, 0.05) is 25.2 Å². The molecule has 146 valence electrons. The van der Waals surface area contributed by atoms with E-state index in [1.54, 1.807) is 24.3 Å². The number of nitrogens with two attached hydrogens (primary N) is 2. The third-order valence-electron chi connectivity index (χ3n) is 3.06. The van der Waals surface area contributed by atoms with Gasteiger partial charge in [0.25, 0.3) is 0 Å². The van der Waals surface area contributed by atoms with Crippen molar-refractivity contribution in [3.8, 4) is 0 Å². The number of benzene rings is 1. The van der Waals surface area contributed by atoms with Gasteiger partial charge in [-0.1, -0.05) is 19.1 Å². The van der Waals surface area contributed by atoms with Crippen LogP contribution in [0.5, 0.6) is 0 Å². The Morgan fingerprint density at radius 3 is 2.15 bits per heavy atom. The van der Waals surface area contributed by atoms with Crippen LogP contribution < -0.4 is 27.4 Å². The number of primary amides is 1. The topological polar surface area (TPSA) is 160 Å². The predicted octanol–water partition coefficient (Wildman–Crippen LogP) is 0.0372. The van der Waals surface area contributed by atoms with E-state index < -0.39 is 6.03 Å². The van der Waals surface area contributed by atoms with Gasteiger partial charge in [0.05, 0.1) is 13.2 Å². The van der Waals surface area contributed by atoms with Crippen LogP contribution in [-0.2, 0) is 16.2 Å². The van der Waals surface area contributed by atoms with Crippen molar-refractivity contribution < 1.29 is 19.5 Å². The minimum absolute atomic E-state index is 0.0188. The van der Waals surface area contributed by atoms with E-state index in [2.05, 4.69) is 16.0 Å². The molecular formula is C17H29N5O4. The molecule has 1 aromatic carbocycles. The van der Waals surface area contributed by atoms with Crippen molar-refractivity contribution in [3.63, 3.8) is 0 Å². The van der Waals surface area contributed by atoms with Gasteiger partial charge >= 0.3 is 6.03 Å². The summed E-state index contributed by atoms with van der Waals surface area (Å²) in [6.07, 6.45) is 1.82. The molecule has 0 aromatic heterocycles. The smallest absolute Gasteiger partial charge is 0.312 e. The van der Waals surface area contributed by atoms with Crippen molar-refractivity contribution in [2.24, 2.45) is 11.5 Å². The molecule has 8 N–H and O–H groups in total. The molecule has 9 nitrogen and oxygen atoms in total. The SMILES string of the molecule is CCCNC(N)=O.NCC(=O)NCCCC(=O)Nc1ccc(CO)cc1. The molecule has 1 aromatic rings. The van der Waals surface area contributed by atoms with E-state index in [4.69, 9.17) is 16.6 Å². The molecule has 0 unspecified atom stereocenters. The summed E-state index contributed by atoms with van der Waals surface area (Å²) in [5.74, 6) is -0.334. The van der Waals surface area contributed by atoms with E-state index in [-0.39, 0.29) is 25.0 Å². The zero-order valence-electron chi connectivity index (χ0n) is 15.1. The lowest BCUT2D eigenvalue weighted by molar-refractivity contribution is -0.120. The number of hydrogen-bond donors (Lipinski definition) is 6. The maximum atomic E-state index is 11.6. The molecule has 26 heavy (non-hydrogen) atoms. The average Bonchev–Trinajstić information content (AvgIpc) is 2.64. The summed E-state index contributed by atoms with van der Waals surface area (Å²) in [6, 6.07) is 6.52. The Hall–Kier alpha value is -2.65. The van der Waals surface area contributed by atoms with Gasteiger partial charge in [-0.05, 0) is 30.5 Å². The number of urea groups is 1. The van der Waals surface area contributed by atoms with Crippen molar-refractivity contribution in [2.75, 3.05) is 25.0 Å². The normalized spacial score (nSPS) is 9.50.